The predicted molar refractivity (Wildman–Crippen MR) is 81.5 cm³/mol. The highest BCUT2D eigenvalue weighted by atomic mass is 15.3. The van der Waals surface area contributed by atoms with Crippen molar-refractivity contribution in [2.24, 2.45) is 4.99 Å². The zero-order valence-electron chi connectivity index (χ0n) is 11.6. The van der Waals surface area contributed by atoms with Gasteiger partial charge in [0.15, 0.2) is 5.65 Å². The molecule has 3 heterocycles. The van der Waals surface area contributed by atoms with E-state index < -0.39 is 0 Å². The molecule has 0 spiro atoms. The molecule has 6 nitrogen and oxygen atoms in total. The van der Waals surface area contributed by atoms with Gasteiger partial charge in [-0.05, 0) is 18.9 Å². The lowest BCUT2D eigenvalue weighted by molar-refractivity contribution is 0.898. The number of hydrogen-bond acceptors (Lipinski definition) is 4. The number of rotatable bonds is 4. The maximum absolute atomic E-state index is 4.74. The Kier molecular flexibility index (Phi) is 3.37. The molecule has 3 rings (SSSR count). The Bertz CT molecular complexity index is 638. The van der Waals surface area contributed by atoms with Crippen molar-refractivity contribution in [3.63, 3.8) is 0 Å². The topological polar surface area (TPSA) is 49.0 Å². The molecular formula is C14H18N6. The predicted octanol–water partition coefficient (Wildman–Crippen LogP) is 1.94. The van der Waals surface area contributed by atoms with Crippen LogP contribution in [0.15, 0.2) is 36.2 Å². The number of fused-ring (bicyclic) bond motifs is 1. The van der Waals surface area contributed by atoms with Crippen molar-refractivity contribution < 1.29 is 0 Å². The molecule has 1 aliphatic rings. The second-order valence-corrected chi connectivity index (χ2v) is 4.84. The molecular weight excluding hydrogens is 252 g/mol. The average molecular weight is 270 g/mol. The fourth-order valence-electron chi connectivity index (χ4n) is 2.43. The lowest BCUT2D eigenvalue weighted by Crippen LogP contribution is -2.19. The average Bonchev–Trinajstić information content (AvgIpc) is 3.12. The van der Waals surface area contributed by atoms with E-state index in [2.05, 4.69) is 21.6 Å². The summed E-state index contributed by atoms with van der Waals surface area (Å²) in [5.74, 6) is 1.02. The Morgan fingerprint density at radius 3 is 2.95 bits per heavy atom. The third-order valence-electron chi connectivity index (χ3n) is 3.49. The van der Waals surface area contributed by atoms with Gasteiger partial charge in [0, 0.05) is 32.5 Å². The van der Waals surface area contributed by atoms with Crippen LogP contribution in [0.3, 0.4) is 0 Å². The summed E-state index contributed by atoms with van der Waals surface area (Å²) in [6, 6.07) is 2.02. The molecule has 0 radical (unpaired) electrons. The summed E-state index contributed by atoms with van der Waals surface area (Å²) in [6.07, 6.45) is 9.44. The second-order valence-electron chi connectivity index (χ2n) is 4.84. The van der Waals surface area contributed by atoms with Gasteiger partial charge >= 0.3 is 0 Å². The lowest BCUT2D eigenvalue weighted by Gasteiger charge is -2.17. The first-order valence-electron chi connectivity index (χ1n) is 6.76. The van der Waals surface area contributed by atoms with Crippen molar-refractivity contribution in [1.82, 2.24) is 14.6 Å². The molecule has 1 fully saturated rings. The molecule has 0 atom stereocenters. The van der Waals surface area contributed by atoms with Crippen LogP contribution in [0.4, 0.5) is 11.5 Å². The fourth-order valence-corrected chi connectivity index (χ4v) is 2.43. The van der Waals surface area contributed by atoms with E-state index in [0.29, 0.717) is 0 Å². The molecule has 1 aliphatic heterocycles. The summed E-state index contributed by atoms with van der Waals surface area (Å²) in [7, 11) is 1.92. The first kappa shape index (κ1) is 12.7. The highest BCUT2D eigenvalue weighted by Gasteiger charge is 2.16. The van der Waals surface area contributed by atoms with Gasteiger partial charge in [-0.1, -0.05) is 6.58 Å². The number of aromatic nitrogens is 3. The molecule has 0 unspecified atom stereocenters. The van der Waals surface area contributed by atoms with Gasteiger partial charge in [0.25, 0.3) is 0 Å². The number of nitrogens with zero attached hydrogens (tertiary/aromatic N) is 6. The van der Waals surface area contributed by atoms with E-state index in [1.54, 1.807) is 17.1 Å². The van der Waals surface area contributed by atoms with Crippen LogP contribution in [-0.4, -0.2) is 41.1 Å². The molecule has 1 saturated heterocycles. The van der Waals surface area contributed by atoms with Crippen LogP contribution < -0.4 is 9.80 Å². The number of anilines is 2. The van der Waals surface area contributed by atoms with E-state index in [4.69, 9.17) is 4.98 Å². The largest absolute Gasteiger partial charge is 0.356 e. The quantitative estimate of drug-likeness (QED) is 0.629. The first-order chi connectivity index (χ1) is 9.79. The molecule has 0 saturated carbocycles. The Hall–Kier alpha value is -2.37. The van der Waals surface area contributed by atoms with Crippen LogP contribution in [0.5, 0.6) is 0 Å². The molecule has 0 aromatic carbocycles. The van der Waals surface area contributed by atoms with E-state index >= 15 is 0 Å². The van der Waals surface area contributed by atoms with Gasteiger partial charge in [-0.25, -0.2) is 14.5 Å². The molecule has 2 aromatic rings. The molecule has 6 heteroatoms. The van der Waals surface area contributed by atoms with Crippen LogP contribution >= 0.6 is 0 Å². The molecule has 20 heavy (non-hydrogen) atoms. The van der Waals surface area contributed by atoms with Crippen molar-refractivity contribution >= 4 is 23.5 Å². The third kappa shape index (κ3) is 2.24. The standard InChI is InChI=1S/C14H18N6/c1-3-15-11-18(2)12-10-16-20-9-6-13(17-14(12)20)19-7-4-5-8-19/h3,6,9-11H,1,4-5,7-8H2,2H3/b15-11-. The van der Waals surface area contributed by atoms with E-state index in [9.17, 15) is 0 Å². The molecule has 0 bridgehead atoms. The zero-order valence-corrected chi connectivity index (χ0v) is 11.6. The van der Waals surface area contributed by atoms with Crippen molar-refractivity contribution in [1.29, 1.82) is 0 Å². The summed E-state index contributed by atoms with van der Waals surface area (Å²) >= 11 is 0. The fraction of sp³-hybridized carbons (Fsp3) is 0.357. The third-order valence-corrected chi connectivity index (χ3v) is 3.49. The smallest absolute Gasteiger partial charge is 0.181 e. The van der Waals surface area contributed by atoms with E-state index in [1.165, 1.54) is 19.0 Å². The summed E-state index contributed by atoms with van der Waals surface area (Å²) < 4.78 is 1.78. The molecule has 0 N–H and O–H groups in total. The van der Waals surface area contributed by atoms with Crippen molar-refractivity contribution in [2.75, 3.05) is 29.9 Å². The van der Waals surface area contributed by atoms with E-state index in [-0.39, 0.29) is 0 Å². The van der Waals surface area contributed by atoms with Gasteiger partial charge in [0.05, 0.1) is 12.5 Å². The van der Waals surface area contributed by atoms with Crippen molar-refractivity contribution in [2.45, 2.75) is 12.8 Å². The number of aliphatic imine (C=N–C) groups is 1. The van der Waals surface area contributed by atoms with Crippen LogP contribution in [-0.2, 0) is 0 Å². The maximum atomic E-state index is 4.74. The Balaban J connectivity index is 1.98. The summed E-state index contributed by atoms with van der Waals surface area (Å²) in [4.78, 5) is 13.0. The Morgan fingerprint density at radius 1 is 1.40 bits per heavy atom. The maximum Gasteiger partial charge on any atom is 0.181 e. The van der Waals surface area contributed by atoms with Crippen molar-refractivity contribution in [3.8, 4) is 0 Å². The minimum absolute atomic E-state index is 0.840. The van der Waals surface area contributed by atoms with Gasteiger partial charge < -0.3 is 9.80 Å². The van der Waals surface area contributed by atoms with Crippen LogP contribution in [0.2, 0.25) is 0 Å². The van der Waals surface area contributed by atoms with Gasteiger partial charge in [-0.3, -0.25) is 0 Å². The van der Waals surface area contributed by atoms with Crippen molar-refractivity contribution in [3.05, 3.63) is 31.2 Å². The summed E-state index contributed by atoms with van der Waals surface area (Å²) in [5, 5.41) is 4.32. The molecule has 2 aromatic heterocycles. The van der Waals surface area contributed by atoms with Gasteiger partial charge in [0.1, 0.15) is 11.5 Å². The minimum Gasteiger partial charge on any atom is -0.356 e. The van der Waals surface area contributed by atoms with Gasteiger partial charge in [-0.2, -0.15) is 5.10 Å². The lowest BCUT2D eigenvalue weighted by atomic mass is 10.4. The zero-order chi connectivity index (χ0) is 13.9. The number of hydrogen-bond donors (Lipinski definition) is 0. The second kappa shape index (κ2) is 5.32. The molecule has 0 aliphatic carbocycles. The normalized spacial score (nSPS) is 15.3. The van der Waals surface area contributed by atoms with E-state index in [1.807, 2.05) is 24.2 Å². The SMILES string of the molecule is C=C/N=C\N(C)c1cnn2ccc(N3CCCC3)nc12. The van der Waals surface area contributed by atoms with Gasteiger partial charge in [-0.15, -0.1) is 0 Å². The minimum atomic E-state index is 0.840. The van der Waals surface area contributed by atoms with Crippen LogP contribution in [0.1, 0.15) is 12.8 Å². The van der Waals surface area contributed by atoms with Gasteiger partial charge in [0.2, 0.25) is 0 Å². The van der Waals surface area contributed by atoms with Crippen LogP contribution in [0, 0.1) is 0 Å². The summed E-state index contributed by atoms with van der Waals surface area (Å²) in [6.45, 7) is 5.74. The Morgan fingerprint density at radius 2 is 2.20 bits per heavy atom. The summed E-state index contributed by atoms with van der Waals surface area (Å²) in [5.41, 5.74) is 1.77. The highest BCUT2D eigenvalue weighted by molar-refractivity contribution is 5.85. The van der Waals surface area contributed by atoms with Crippen LogP contribution in [0.25, 0.3) is 5.65 Å². The first-order valence-corrected chi connectivity index (χ1v) is 6.76. The molecule has 0 amide bonds. The molecule has 104 valence electrons. The highest BCUT2D eigenvalue weighted by Crippen LogP contribution is 2.22. The Labute approximate surface area is 118 Å². The monoisotopic (exact) mass is 270 g/mol. The van der Waals surface area contributed by atoms with E-state index in [0.717, 1.165) is 30.2 Å².